The number of hydrogen-bond donors (Lipinski definition) is 2. The molecule has 18 heavy (non-hydrogen) atoms. The van der Waals surface area contributed by atoms with Gasteiger partial charge < -0.3 is 15.2 Å². The minimum absolute atomic E-state index is 0. The molecule has 0 aliphatic heterocycles. The van der Waals surface area contributed by atoms with Crippen molar-refractivity contribution in [3.63, 3.8) is 0 Å². The van der Waals surface area contributed by atoms with E-state index in [1.807, 2.05) is 13.8 Å². The summed E-state index contributed by atoms with van der Waals surface area (Å²) in [4.78, 5) is 20.3. The third-order valence-electron chi connectivity index (χ3n) is 1.06. The van der Waals surface area contributed by atoms with E-state index in [1.54, 1.807) is 6.29 Å². The van der Waals surface area contributed by atoms with Crippen LogP contribution in [-0.2, 0) is 239 Å². The van der Waals surface area contributed by atoms with E-state index in [0.29, 0.717) is 0 Å². The summed E-state index contributed by atoms with van der Waals surface area (Å²) in [7, 11) is 0. The second kappa shape index (κ2) is 35.0. The van der Waals surface area contributed by atoms with Crippen molar-refractivity contribution in [2.75, 3.05) is 0 Å². The van der Waals surface area contributed by atoms with Crippen LogP contribution in [0.15, 0.2) is 0 Å². The van der Waals surface area contributed by atoms with Gasteiger partial charge in [0.1, 0.15) is 0 Å². The molecule has 0 saturated heterocycles. The molecule has 85 valence electrons. The fraction of sp³-hybridized carbons (Fsp3) is 0.714. The summed E-state index contributed by atoms with van der Waals surface area (Å²) in [6, 6.07) is -0.590. The second-order valence-corrected chi connectivity index (χ2v) is 2.59. The number of rotatable bonds is 5. The van der Waals surface area contributed by atoms with Crippen LogP contribution in [0.25, 0.3) is 0 Å². The predicted octanol–water partition coefficient (Wildman–Crippen LogP) is -0.0801. The molecule has 0 saturated carbocycles. The Morgan fingerprint density at radius 3 is 1.56 bits per heavy atom. The number of nitrogens with one attached hydrogen (secondary N) is 1. The van der Waals surface area contributed by atoms with Crippen LogP contribution in [0.4, 0.5) is 0 Å². The molecule has 0 aliphatic carbocycles. The first-order chi connectivity index (χ1) is 5.06. The summed E-state index contributed by atoms with van der Waals surface area (Å²) >= 11 is 0. The molecule has 1 atom stereocenters. The van der Waals surface area contributed by atoms with Gasteiger partial charge in [-0.1, -0.05) is 19.9 Å². The third kappa shape index (κ3) is 38.4. The molecule has 0 aromatic carbocycles. The molecule has 4 nitrogen and oxygen atoms in total. The molecule has 0 fully saturated rings. The van der Waals surface area contributed by atoms with Crippen molar-refractivity contribution in [3.05, 3.63) is 0 Å². The van der Waals surface area contributed by atoms with Crippen molar-refractivity contribution in [1.29, 1.82) is 0 Å². The molecule has 0 bridgehead atoms. The van der Waals surface area contributed by atoms with Gasteiger partial charge in [0, 0.05) is 235 Å². The molecule has 0 rings (SSSR count). The van der Waals surface area contributed by atoms with Crippen molar-refractivity contribution < 1.29 is 244 Å². The molecule has 7 radical (unpaired) electrons. The summed E-state index contributed by atoms with van der Waals surface area (Å²) in [5.74, 6) is -0.994. The zero-order valence-corrected chi connectivity index (χ0v) is 30.5. The molecular formula is C7H12NO3Y7-. The fourth-order valence-corrected chi connectivity index (χ4v) is 0.712. The van der Waals surface area contributed by atoms with E-state index >= 15 is 0 Å². The van der Waals surface area contributed by atoms with Gasteiger partial charge in [-0.05, 0) is 6.04 Å². The first-order valence-electron chi connectivity index (χ1n) is 3.41. The molecule has 0 unspecified atom stereocenters. The van der Waals surface area contributed by atoms with Crippen molar-refractivity contribution in [2.24, 2.45) is 0 Å². The van der Waals surface area contributed by atoms with Gasteiger partial charge in [-0.3, -0.25) is 4.79 Å². The average Bonchev–Trinajstić information content (AvgIpc) is 1.84. The molecule has 0 spiro atoms. The molecule has 0 aromatic heterocycles. The van der Waals surface area contributed by atoms with E-state index in [0.717, 1.165) is 0 Å². The maximum absolute atomic E-state index is 10.1. The Bertz CT molecular complexity index is 162. The summed E-state index contributed by atoms with van der Waals surface area (Å²) in [5.41, 5.74) is 0. The van der Waals surface area contributed by atoms with Gasteiger partial charge in [0.05, 0.1) is 0 Å². The number of carbonyl (C=O) groups is 1. The van der Waals surface area contributed by atoms with Crippen LogP contribution in [0, 0.1) is 0 Å². The van der Waals surface area contributed by atoms with Gasteiger partial charge in [-0.2, -0.15) is 0 Å². The maximum Gasteiger partial charge on any atom is 0.302 e. The first-order valence-corrected chi connectivity index (χ1v) is 3.41. The van der Waals surface area contributed by atoms with Gasteiger partial charge in [0.15, 0.2) is 0 Å². The Kier molecular flexibility index (Phi) is 96.9. The van der Waals surface area contributed by atoms with Crippen LogP contribution in [0.5, 0.6) is 0 Å². The Balaban J connectivity index is -0.0000000238. The van der Waals surface area contributed by atoms with E-state index < -0.39 is 12.0 Å². The van der Waals surface area contributed by atoms with E-state index in [4.69, 9.17) is 5.11 Å². The molecule has 0 aromatic rings. The van der Waals surface area contributed by atoms with E-state index in [2.05, 4.69) is 5.32 Å². The SMILES string of the molecule is CC(C)N[C@H]([C-]=O)CC(=O)O.[Y].[Y].[Y].[Y].[Y].[Y].[Y]. The Morgan fingerprint density at radius 2 is 1.39 bits per heavy atom. The largest absolute Gasteiger partial charge is 0.540 e. The second-order valence-electron chi connectivity index (χ2n) is 2.59. The minimum Gasteiger partial charge on any atom is -0.540 e. The summed E-state index contributed by atoms with van der Waals surface area (Å²) in [6.45, 7) is 3.68. The zero-order chi connectivity index (χ0) is 8.85. The number of aliphatic carboxylic acids is 1. The van der Waals surface area contributed by atoms with Crippen LogP contribution >= 0.6 is 0 Å². The van der Waals surface area contributed by atoms with Crippen molar-refractivity contribution in [2.45, 2.75) is 32.4 Å². The molecular weight excluding hydrogens is 768 g/mol. The molecule has 0 heterocycles. The minimum atomic E-state index is -0.994. The van der Waals surface area contributed by atoms with Gasteiger partial charge in [0.25, 0.3) is 0 Å². The number of carboxylic acids is 1. The number of carbonyl (C=O) groups excluding carboxylic acids is 1. The average molecular weight is 781 g/mol. The van der Waals surface area contributed by atoms with E-state index in [9.17, 15) is 9.59 Å². The van der Waals surface area contributed by atoms with Crippen LogP contribution in [0.2, 0.25) is 0 Å². The fourth-order valence-electron chi connectivity index (χ4n) is 0.712. The molecule has 11 heteroatoms. The van der Waals surface area contributed by atoms with Crippen LogP contribution in [-0.4, -0.2) is 29.4 Å². The molecule has 0 aliphatic rings. The van der Waals surface area contributed by atoms with Crippen molar-refractivity contribution in [3.8, 4) is 0 Å². The molecule has 2 N–H and O–H groups in total. The van der Waals surface area contributed by atoms with Gasteiger partial charge in [-0.25, -0.2) is 6.29 Å². The van der Waals surface area contributed by atoms with Crippen molar-refractivity contribution in [1.82, 2.24) is 5.32 Å². The predicted molar refractivity (Wildman–Crippen MR) is 40.0 cm³/mol. The van der Waals surface area contributed by atoms with Crippen LogP contribution < -0.4 is 5.32 Å². The first kappa shape index (κ1) is 49.8. The normalized spacial score (nSPS) is 7.94. The Hall–Kier alpha value is 6.83. The Labute approximate surface area is 285 Å². The summed E-state index contributed by atoms with van der Waals surface area (Å²) in [6.07, 6.45) is 1.42. The maximum atomic E-state index is 10.1. The van der Waals surface area contributed by atoms with Gasteiger partial charge in [-0.15, -0.1) is 0 Å². The number of hydrogen-bond acceptors (Lipinski definition) is 3. The van der Waals surface area contributed by atoms with Crippen molar-refractivity contribution >= 4 is 12.3 Å². The quantitative estimate of drug-likeness (QED) is 0.384. The smallest absolute Gasteiger partial charge is 0.302 e. The standard InChI is InChI=1S/C7H12NO3.7Y/c1-5(2)8-6(4-9)3-7(10)11;;;;;;;/h5-6,8H,3H2,1-2H3,(H,10,11);;;;;;;/q-1;;;;;;;/t6-;;;;;;;/m0......./s1. The monoisotopic (exact) mass is 780 g/mol. The van der Waals surface area contributed by atoms with Gasteiger partial charge in [0.2, 0.25) is 0 Å². The molecule has 0 amide bonds. The van der Waals surface area contributed by atoms with Crippen LogP contribution in [0.1, 0.15) is 20.3 Å². The summed E-state index contributed by atoms with van der Waals surface area (Å²) < 4.78 is 0. The van der Waals surface area contributed by atoms with E-state index in [-0.39, 0.29) is 241 Å². The van der Waals surface area contributed by atoms with Gasteiger partial charge >= 0.3 is 5.97 Å². The third-order valence-corrected chi connectivity index (χ3v) is 1.06. The summed E-state index contributed by atoms with van der Waals surface area (Å²) in [5, 5.41) is 11.1. The Morgan fingerprint density at radius 1 is 1.06 bits per heavy atom. The van der Waals surface area contributed by atoms with E-state index in [1.165, 1.54) is 0 Å². The zero-order valence-electron chi connectivity index (χ0n) is 10.7. The topological polar surface area (TPSA) is 66.4 Å². The van der Waals surface area contributed by atoms with Crippen LogP contribution in [0.3, 0.4) is 0 Å². The number of carboxylic acid groups (broad SMARTS) is 1.